The first-order valence-electron chi connectivity index (χ1n) is 39.8. The molecule has 0 amide bonds. The summed E-state index contributed by atoms with van der Waals surface area (Å²) in [5, 5.41) is -0.0283. The minimum atomic E-state index is -0.765. The van der Waals surface area contributed by atoms with Crippen LogP contribution < -0.4 is 0 Å². The summed E-state index contributed by atoms with van der Waals surface area (Å²) in [5.74, 6) is -0.398. The summed E-state index contributed by atoms with van der Waals surface area (Å²) in [6.45, 7) is 0. The van der Waals surface area contributed by atoms with E-state index in [-0.39, 0.29) is 76.5 Å². The lowest BCUT2D eigenvalue weighted by atomic mass is 9.86. The summed E-state index contributed by atoms with van der Waals surface area (Å²) < 4.78 is 295. The van der Waals surface area contributed by atoms with Crippen molar-refractivity contribution in [2.45, 2.75) is 0 Å². The molecule has 16 aromatic rings. The molecule has 79 heavy (non-hydrogen) atoms. The van der Waals surface area contributed by atoms with Crippen molar-refractivity contribution in [1.29, 1.82) is 0 Å². The zero-order valence-electron chi connectivity index (χ0n) is 71.4. The lowest BCUT2D eigenvalue weighted by molar-refractivity contribution is 0.628. The van der Waals surface area contributed by atoms with Crippen LogP contribution in [-0.4, -0.2) is 0 Å². The summed E-state index contributed by atoms with van der Waals surface area (Å²) >= 11 is 0. The summed E-state index contributed by atoms with van der Waals surface area (Å²) in [6, 6.07) is 5.41. The molecule has 2 nitrogen and oxygen atoms in total. The maximum Gasteiger partial charge on any atom is 0.136 e. The van der Waals surface area contributed by atoms with E-state index < -0.39 is 210 Å². The fourth-order valence-electron chi connectivity index (χ4n) is 10.3. The Balaban J connectivity index is 0.000000175. The predicted octanol–water partition coefficient (Wildman–Crippen LogP) is 21.9. The monoisotopic (exact) mass is 1040 g/mol. The van der Waals surface area contributed by atoms with Gasteiger partial charge in [0, 0.05) is 21.5 Å². The van der Waals surface area contributed by atoms with Crippen LogP contribution in [0.4, 0.5) is 4.39 Å². The van der Waals surface area contributed by atoms with Crippen molar-refractivity contribution in [3.63, 3.8) is 0 Å². The highest BCUT2D eigenvalue weighted by molar-refractivity contribution is 6.24. The van der Waals surface area contributed by atoms with Gasteiger partial charge in [-0.1, -0.05) is 224 Å². The predicted molar refractivity (Wildman–Crippen MR) is 330 cm³/mol. The zero-order valence-corrected chi connectivity index (χ0v) is 40.4. The molecule has 16 rings (SSSR count). The normalized spacial score (nSPS) is 17.1. The first-order chi connectivity index (χ1) is 51.9. The van der Waals surface area contributed by atoms with Crippen molar-refractivity contribution in [1.82, 2.24) is 0 Å². The van der Waals surface area contributed by atoms with Crippen molar-refractivity contribution in [2.24, 2.45) is 0 Å². The molecule has 0 atom stereocenters. The molecule has 0 aliphatic rings. The molecule has 0 N–H and O–H groups in total. The van der Waals surface area contributed by atoms with E-state index in [1.54, 1.807) is 78.9 Å². The molecule has 2 aromatic heterocycles. The zero-order chi connectivity index (χ0) is 79.4. The summed E-state index contributed by atoms with van der Waals surface area (Å²) in [6.07, 6.45) is 0. The van der Waals surface area contributed by atoms with Gasteiger partial charge in [-0.2, -0.15) is 0 Å². The van der Waals surface area contributed by atoms with Gasteiger partial charge in [-0.25, -0.2) is 4.39 Å². The van der Waals surface area contributed by atoms with Crippen molar-refractivity contribution in [3.8, 4) is 66.8 Å². The van der Waals surface area contributed by atoms with Gasteiger partial charge in [0.1, 0.15) is 28.1 Å². The van der Waals surface area contributed by atoms with E-state index >= 15 is 0 Å². The van der Waals surface area contributed by atoms with E-state index in [2.05, 4.69) is 0 Å². The second-order valence-electron chi connectivity index (χ2n) is 18.1. The van der Waals surface area contributed by atoms with Crippen LogP contribution in [0.15, 0.2) is 293 Å². The van der Waals surface area contributed by atoms with Crippen LogP contribution in [0.1, 0.15) is 42.5 Å². The fraction of sp³-hybridized carbons (Fsp3) is 0. The first kappa shape index (κ1) is 24.3. The minimum absolute atomic E-state index is 0.0257. The third kappa shape index (κ3) is 7.94. The standard InChI is InChI=1S/C38H23FO.C38H24O/c39-28-12-8-11-25(21-28)26-17-19-29-34-22-27(18-20-35(34)40-36(29)23-26)38-32-15-6-4-13-30(32)37(24-9-2-1-3-10-24)31-14-5-7-16-33(31)38;1-3-11-25(12-4-1)27-19-21-35-33(23-27)34-24-28(20-22-36(34)39-35)38-31-17-9-7-15-29(31)37(26-13-5-2-6-14-26)30-16-8-10-18-32(30)38/h1-23H;1-24H/i1D,2D,3D,4D,5D,6D,7D,9D,10D,13D,14D,15D,16D;1D,2D,3D,4D,5D,6D,7D,8D,9D,10D,11D,12D,13D,14D,15D,16D,17D,18D. The van der Waals surface area contributed by atoms with Gasteiger partial charge in [-0.3, -0.25) is 0 Å². The lowest BCUT2D eigenvalue weighted by Crippen LogP contribution is -1.90. The Hall–Kier alpha value is -10.4. The largest absolute Gasteiger partial charge is 0.456 e. The van der Waals surface area contributed by atoms with Crippen LogP contribution in [0.2, 0.25) is 0 Å². The van der Waals surface area contributed by atoms with Crippen LogP contribution in [-0.2, 0) is 0 Å². The van der Waals surface area contributed by atoms with E-state index in [1.807, 2.05) is 0 Å². The number of rotatable bonds is 6. The van der Waals surface area contributed by atoms with Gasteiger partial charge in [-0.15, -0.1) is 0 Å². The van der Waals surface area contributed by atoms with Crippen LogP contribution in [0.5, 0.6) is 0 Å². The van der Waals surface area contributed by atoms with Crippen LogP contribution in [0.25, 0.3) is 154 Å². The molecule has 0 saturated carbocycles. The highest BCUT2D eigenvalue weighted by Crippen LogP contribution is 2.47. The quantitative estimate of drug-likeness (QED) is 0.155. The first-order valence-corrected chi connectivity index (χ1v) is 24.3. The van der Waals surface area contributed by atoms with Crippen molar-refractivity contribution in [2.75, 3.05) is 0 Å². The Bertz CT molecular complexity index is 6700. The lowest BCUT2D eigenvalue weighted by Gasteiger charge is -2.17. The number of fused-ring (bicyclic) bond motifs is 10. The Morgan fingerprint density at radius 1 is 0.228 bits per heavy atom. The number of benzene rings is 14. The molecule has 0 fully saturated rings. The van der Waals surface area contributed by atoms with Crippen molar-refractivity contribution < 1.29 is 55.7 Å². The summed E-state index contributed by atoms with van der Waals surface area (Å²) in [7, 11) is 0. The summed E-state index contributed by atoms with van der Waals surface area (Å²) in [4.78, 5) is 0. The van der Waals surface area contributed by atoms with E-state index in [0.717, 1.165) is 0 Å². The average Bonchev–Trinajstić information content (AvgIpc) is 0.731. The van der Waals surface area contributed by atoms with Gasteiger partial charge in [-0.05, 0) is 171 Å². The van der Waals surface area contributed by atoms with E-state index in [9.17, 15) is 7.13 Å². The molecular weight excluding hydrogens is 964 g/mol. The van der Waals surface area contributed by atoms with E-state index in [4.69, 9.17) is 48.6 Å². The maximum atomic E-state index is 14.0. The smallest absolute Gasteiger partial charge is 0.136 e. The van der Waals surface area contributed by atoms with Crippen LogP contribution in [0, 0.1) is 5.82 Å². The Kier molecular flexibility index (Phi) is 5.86. The number of hydrogen-bond acceptors (Lipinski definition) is 2. The topological polar surface area (TPSA) is 26.3 Å². The molecule has 0 saturated heterocycles. The molecule has 0 aliphatic heterocycles. The molecule has 0 bridgehead atoms. The van der Waals surface area contributed by atoms with Gasteiger partial charge in [0.25, 0.3) is 0 Å². The number of hydrogen-bond donors (Lipinski definition) is 0. The SMILES string of the molecule is [2H]c1c([2H])c([2H])c(-c2c3c([2H])c([2H])c([2H])c([2H])c3c(-c3ccc4oc5cc(-c6cccc(F)c6)ccc5c4c3)c3c([2H])c([2H])c([2H])c([2H])c23)c([2H])c1[2H].[2H]c1c([2H])c([2H])c(-c2ccc3oc4ccc(-c5c6c([2H])c([2H])c([2H])c([2H])c6c(-c6c([2H])c([2H])c([2H])c([2H])c6[2H])c6c([2H])c([2H])c([2H])c([2H])c56)cc4c3c2)c([2H])c1[2H]. The van der Waals surface area contributed by atoms with Crippen molar-refractivity contribution >= 4 is 87.0 Å². The molecule has 0 spiro atoms. The summed E-state index contributed by atoms with van der Waals surface area (Å²) in [5.41, 5.74) is 1.84. The second-order valence-corrected chi connectivity index (χ2v) is 18.1. The molecule has 14 aromatic carbocycles. The molecular formula is C76H47FO2. The third-order valence-electron chi connectivity index (χ3n) is 13.7. The molecule has 2 heterocycles. The average molecular weight is 1040 g/mol. The molecule has 3 heteroatoms. The van der Waals surface area contributed by atoms with Gasteiger partial charge >= 0.3 is 0 Å². The van der Waals surface area contributed by atoms with Gasteiger partial charge < -0.3 is 8.83 Å². The third-order valence-corrected chi connectivity index (χ3v) is 13.7. The highest BCUT2D eigenvalue weighted by atomic mass is 19.1. The molecule has 0 radical (unpaired) electrons. The van der Waals surface area contributed by atoms with Gasteiger partial charge in [0.2, 0.25) is 0 Å². The number of furan rings is 2. The Morgan fingerprint density at radius 2 is 0.544 bits per heavy atom. The Labute approximate surface area is 499 Å². The molecule has 0 aliphatic carbocycles. The highest BCUT2D eigenvalue weighted by Gasteiger charge is 2.20. The van der Waals surface area contributed by atoms with E-state index in [0.29, 0.717) is 60.6 Å². The van der Waals surface area contributed by atoms with Gasteiger partial charge in [0.15, 0.2) is 0 Å². The maximum absolute atomic E-state index is 14.0. The minimum Gasteiger partial charge on any atom is -0.456 e. The number of halogens is 1. The van der Waals surface area contributed by atoms with E-state index in [1.165, 1.54) is 18.2 Å². The second kappa shape index (κ2) is 19.0. The molecule has 0 unspecified atom stereocenters. The molecule has 370 valence electrons. The van der Waals surface area contributed by atoms with Crippen LogP contribution in [0.3, 0.4) is 0 Å². The fourth-order valence-corrected chi connectivity index (χ4v) is 10.3. The van der Waals surface area contributed by atoms with Crippen LogP contribution >= 0.6 is 0 Å². The Morgan fingerprint density at radius 3 is 0.975 bits per heavy atom. The van der Waals surface area contributed by atoms with Crippen molar-refractivity contribution in [3.05, 3.63) is 290 Å². The van der Waals surface area contributed by atoms with Gasteiger partial charge in [0.05, 0.1) is 42.5 Å².